The number of hydrogen-bond donors (Lipinski definition) is 1. The zero-order chi connectivity index (χ0) is 15.1. The standard InChI is InChI=1S/C11H10F4N2O3/c1-17(19-2)9(18)16-7-5-3-4-6-8(7)20-11(14,15)10(6,12)13/h3-5H,1-2H3,(H,16,18). The molecule has 1 aliphatic heterocycles. The predicted molar refractivity (Wildman–Crippen MR) is 59.7 cm³/mol. The number of nitrogens with one attached hydrogen (secondary N) is 1. The number of fused-ring (bicyclic) bond motifs is 1. The Morgan fingerprint density at radius 2 is 2.00 bits per heavy atom. The summed E-state index contributed by atoms with van der Waals surface area (Å²) < 4.78 is 57.1. The highest BCUT2D eigenvalue weighted by Crippen LogP contribution is 2.55. The third-order valence-electron chi connectivity index (χ3n) is 2.75. The van der Waals surface area contributed by atoms with Crippen molar-refractivity contribution in [1.82, 2.24) is 5.06 Å². The third kappa shape index (κ3) is 2.03. The van der Waals surface area contributed by atoms with Crippen LogP contribution in [0, 0.1) is 0 Å². The molecule has 0 fully saturated rings. The first-order valence-corrected chi connectivity index (χ1v) is 5.37. The molecule has 0 aliphatic carbocycles. The van der Waals surface area contributed by atoms with Crippen LogP contribution in [0.4, 0.5) is 28.0 Å². The van der Waals surface area contributed by atoms with E-state index in [1.54, 1.807) is 0 Å². The molecule has 1 aromatic carbocycles. The molecule has 9 heteroatoms. The molecule has 2 rings (SSSR count). The van der Waals surface area contributed by atoms with Gasteiger partial charge in [-0.25, -0.2) is 9.86 Å². The lowest BCUT2D eigenvalue weighted by molar-refractivity contribution is -0.296. The number of hydroxylamine groups is 2. The van der Waals surface area contributed by atoms with Crippen molar-refractivity contribution in [3.05, 3.63) is 23.8 Å². The van der Waals surface area contributed by atoms with Crippen molar-refractivity contribution < 1.29 is 31.9 Å². The molecular formula is C11H10F4N2O3. The maximum Gasteiger partial charge on any atom is 0.469 e. The van der Waals surface area contributed by atoms with Crippen LogP contribution in [0.15, 0.2) is 18.2 Å². The number of nitrogens with zero attached hydrogens (tertiary/aromatic N) is 1. The summed E-state index contributed by atoms with van der Waals surface area (Å²) in [6, 6.07) is 2.26. The molecule has 0 saturated carbocycles. The number of ether oxygens (including phenoxy) is 1. The van der Waals surface area contributed by atoms with E-state index < -0.39 is 29.4 Å². The number of anilines is 1. The van der Waals surface area contributed by atoms with Crippen molar-refractivity contribution in [2.24, 2.45) is 0 Å². The second-order valence-corrected chi connectivity index (χ2v) is 3.99. The number of hydrogen-bond acceptors (Lipinski definition) is 3. The van der Waals surface area contributed by atoms with Gasteiger partial charge in [0.2, 0.25) is 0 Å². The molecule has 1 aromatic rings. The number of rotatable bonds is 2. The van der Waals surface area contributed by atoms with Crippen LogP contribution in [0.2, 0.25) is 0 Å². The van der Waals surface area contributed by atoms with E-state index in [1.165, 1.54) is 14.2 Å². The Kier molecular flexibility index (Phi) is 3.24. The molecule has 0 spiro atoms. The van der Waals surface area contributed by atoms with Crippen LogP contribution in [0.5, 0.6) is 5.75 Å². The van der Waals surface area contributed by atoms with E-state index >= 15 is 0 Å². The Balaban J connectivity index is 2.37. The molecule has 1 heterocycles. The fraction of sp³-hybridized carbons (Fsp3) is 0.364. The number of urea groups is 1. The molecule has 0 radical (unpaired) electrons. The zero-order valence-corrected chi connectivity index (χ0v) is 10.4. The van der Waals surface area contributed by atoms with Crippen LogP contribution < -0.4 is 10.1 Å². The lowest BCUT2D eigenvalue weighted by atomic mass is 10.1. The average molecular weight is 294 g/mol. The Morgan fingerprint density at radius 1 is 1.35 bits per heavy atom. The summed E-state index contributed by atoms with van der Waals surface area (Å²) in [5.74, 6) is -5.23. The number of carbonyl (C=O) groups is 1. The Bertz CT molecular complexity index is 550. The van der Waals surface area contributed by atoms with Gasteiger partial charge in [0.25, 0.3) is 0 Å². The average Bonchev–Trinajstić information content (AvgIpc) is 2.56. The van der Waals surface area contributed by atoms with Crippen LogP contribution in [0.3, 0.4) is 0 Å². The molecule has 0 unspecified atom stereocenters. The maximum atomic E-state index is 13.4. The molecule has 1 N–H and O–H groups in total. The van der Waals surface area contributed by atoms with E-state index in [0.717, 1.165) is 23.3 Å². The lowest BCUT2D eigenvalue weighted by Gasteiger charge is -2.16. The van der Waals surface area contributed by atoms with E-state index in [9.17, 15) is 22.4 Å². The summed E-state index contributed by atoms with van der Waals surface area (Å²) in [6.45, 7) is 0. The van der Waals surface area contributed by atoms with Gasteiger partial charge in [-0.05, 0) is 12.1 Å². The number of halogens is 4. The molecule has 20 heavy (non-hydrogen) atoms. The minimum absolute atomic E-state index is 0.298. The van der Waals surface area contributed by atoms with Crippen molar-refractivity contribution in [3.63, 3.8) is 0 Å². The van der Waals surface area contributed by atoms with Gasteiger partial charge in [-0.1, -0.05) is 6.07 Å². The molecule has 5 nitrogen and oxygen atoms in total. The summed E-state index contributed by atoms with van der Waals surface area (Å²) in [5.41, 5.74) is -1.28. The minimum Gasteiger partial charge on any atom is -0.425 e. The molecule has 0 bridgehead atoms. The summed E-state index contributed by atoms with van der Waals surface area (Å²) in [6.07, 6.45) is -4.66. The van der Waals surface area contributed by atoms with Gasteiger partial charge < -0.3 is 10.1 Å². The lowest BCUT2D eigenvalue weighted by Crippen LogP contribution is -2.37. The number of amides is 2. The molecule has 110 valence electrons. The normalized spacial score (nSPS) is 18.1. The summed E-state index contributed by atoms with van der Waals surface area (Å²) in [4.78, 5) is 16.1. The first kappa shape index (κ1) is 14.4. The third-order valence-corrected chi connectivity index (χ3v) is 2.75. The second kappa shape index (κ2) is 4.51. The van der Waals surface area contributed by atoms with Crippen molar-refractivity contribution >= 4 is 11.7 Å². The zero-order valence-electron chi connectivity index (χ0n) is 10.4. The van der Waals surface area contributed by atoms with Crippen molar-refractivity contribution in [2.45, 2.75) is 12.0 Å². The summed E-state index contributed by atoms with van der Waals surface area (Å²) >= 11 is 0. The first-order chi connectivity index (χ1) is 9.20. The summed E-state index contributed by atoms with van der Waals surface area (Å²) in [5, 5.41) is 2.89. The van der Waals surface area contributed by atoms with Crippen LogP contribution in [0.1, 0.15) is 5.56 Å². The molecular weight excluding hydrogens is 284 g/mol. The molecule has 2 amide bonds. The van der Waals surface area contributed by atoms with Gasteiger partial charge in [0, 0.05) is 7.05 Å². The SMILES string of the molecule is CON(C)C(=O)Nc1cccc2c1OC(F)(F)C2(F)F. The van der Waals surface area contributed by atoms with Crippen LogP contribution in [-0.2, 0) is 10.8 Å². The van der Waals surface area contributed by atoms with Crippen molar-refractivity contribution in [3.8, 4) is 5.75 Å². The summed E-state index contributed by atoms with van der Waals surface area (Å²) in [7, 11) is 2.45. The van der Waals surface area contributed by atoms with Gasteiger partial charge in [0.05, 0.1) is 18.4 Å². The first-order valence-electron chi connectivity index (χ1n) is 5.37. The van der Waals surface area contributed by atoms with Gasteiger partial charge in [-0.2, -0.15) is 17.6 Å². The maximum absolute atomic E-state index is 13.4. The van der Waals surface area contributed by atoms with Gasteiger partial charge in [-0.3, -0.25) is 4.84 Å². The number of benzene rings is 1. The molecule has 0 saturated heterocycles. The predicted octanol–water partition coefficient (Wildman–Crippen LogP) is 2.79. The fourth-order valence-electron chi connectivity index (χ4n) is 1.62. The van der Waals surface area contributed by atoms with E-state index in [1.807, 2.05) is 0 Å². The highest BCUT2D eigenvalue weighted by molar-refractivity contribution is 5.90. The topological polar surface area (TPSA) is 50.8 Å². The van der Waals surface area contributed by atoms with E-state index in [2.05, 4.69) is 14.9 Å². The quantitative estimate of drug-likeness (QED) is 0.674. The fourth-order valence-corrected chi connectivity index (χ4v) is 1.62. The highest BCUT2D eigenvalue weighted by atomic mass is 19.3. The van der Waals surface area contributed by atoms with E-state index in [-0.39, 0.29) is 5.69 Å². The number of carbonyl (C=O) groups excluding carboxylic acids is 1. The molecule has 0 atom stereocenters. The van der Waals surface area contributed by atoms with Crippen molar-refractivity contribution in [2.75, 3.05) is 19.5 Å². The van der Waals surface area contributed by atoms with Crippen LogP contribution in [0.25, 0.3) is 0 Å². The van der Waals surface area contributed by atoms with E-state index in [4.69, 9.17) is 0 Å². The Labute approximate surface area is 111 Å². The van der Waals surface area contributed by atoms with Gasteiger partial charge in [-0.15, -0.1) is 0 Å². The number of alkyl halides is 4. The highest BCUT2D eigenvalue weighted by Gasteiger charge is 2.67. The number of para-hydroxylation sites is 1. The van der Waals surface area contributed by atoms with Gasteiger partial charge in [0.15, 0.2) is 5.75 Å². The van der Waals surface area contributed by atoms with Gasteiger partial charge >= 0.3 is 18.1 Å². The molecule has 1 aliphatic rings. The Morgan fingerprint density at radius 3 is 2.60 bits per heavy atom. The Hall–Kier alpha value is -2.03. The smallest absolute Gasteiger partial charge is 0.425 e. The largest absolute Gasteiger partial charge is 0.469 e. The molecule has 0 aromatic heterocycles. The van der Waals surface area contributed by atoms with Crippen LogP contribution >= 0.6 is 0 Å². The second-order valence-electron chi connectivity index (χ2n) is 3.99. The minimum atomic E-state index is -4.66. The van der Waals surface area contributed by atoms with Crippen LogP contribution in [-0.4, -0.2) is 31.4 Å². The van der Waals surface area contributed by atoms with E-state index in [0.29, 0.717) is 0 Å². The van der Waals surface area contributed by atoms with Crippen molar-refractivity contribution in [1.29, 1.82) is 0 Å². The van der Waals surface area contributed by atoms with Gasteiger partial charge in [0.1, 0.15) is 0 Å². The monoisotopic (exact) mass is 294 g/mol.